The van der Waals surface area contributed by atoms with E-state index in [1.165, 1.54) is 21.3 Å². The molecule has 56 heavy (non-hydrogen) atoms. The second kappa shape index (κ2) is 19.0. The van der Waals surface area contributed by atoms with Crippen LogP contribution in [0.25, 0.3) is 0 Å². The van der Waals surface area contributed by atoms with Crippen LogP contribution in [0.3, 0.4) is 0 Å². The van der Waals surface area contributed by atoms with Crippen LogP contribution in [0.15, 0.2) is 71.1 Å². The third kappa shape index (κ3) is 9.60. The van der Waals surface area contributed by atoms with Gasteiger partial charge in [0.25, 0.3) is 0 Å². The molecule has 0 saturated heterocycles. The number of ether oxygens (including phenoxy) is 4. The molecule has 0 saturated carbocycles. The lowest BCUT2D eigenvalue weighted by molar-refractivity contribution is -0.137. The van der Waals surface area contributed by atoms with Gasteiger partial charge in [-0.05, 0) is 79.8 Å². The Morgan fingerprint density at radius 1 is 0.714 bits per heavy atom. The number of rotatable bonds is 14. The van der Waals surface area contributed by atoms with Gasteiger partial charge in [-0.25, -0.2) is 19.2 Å². The molecule has 0 radical (unpaired) electrons. The van der Waals surface area contributed by atoms with Crippen molar-refractivity contribution in [3.63, 3.8) is 0 Å². The summed E-state index contributed by atoms with van der Waals surface area (Å²) in [6, 6.07) is 14.3. The molecule has 0 fully saturated rings. The lowest BCUT2D eigenvalue weighted by atomic mass is 9.76. The zero-order valence-electron chi connectivity index (χ0n) is 33.6. The summed E-state index contributed by atoms with van der Waals surface area (Å²) in [4.78, 5) is 55.0. The first kappa shape index (κ1) is 44.3. The van der Waals surface area contributed by atoms with Crippen LogP contribution in [0.5, 0.6) is 17.2 Å². The van der Waals surface area contributed by atoms with E-state index in [0.29, 0.717) is 54.1 Å². The van der Waals surface area contributed by atoms with E-state index in [-0.39, 0.29) is 34.3 Å². The van der Waals surface area contributed by atoms with E-state index in [2.05, 4.69) is 4.98 Å². The van der Waals surface area contributed by atoms with Crippen molar-refractivity contribution in [1.29, 1.82) is 0 Å². The number of nitrogens with zero attached hydrogens (tertiary/aromatic N) is 2. The number of hydrogen-bond donors (Lipinski definition) is 4. The van der Waals surface area contributed by atoms with Gasteiger partial charge in [-0.15, -0.1) is 0 Å². The zero-order chi connectivity index (χ0) is 42.1. The molecule has 2 aromatic carbocycles. The number of aliphatic hydroxyl groups excluding tert-OH is 1. The quantitative estimate of drug-likeness (QED) is 0.129. The number of carboxylic acid groups (broad SMARTS) is 2. The Balaban J connectivity index is 0.000000301. The summed E-state index contributed by atoms with van der Waals surface area (Å²) in [6.07, 6.45) is 1.81. The molecule has 1 aromatic heterocycles. The maximum absolute atomic E-state index is 12.5. The third-order valence-electron chi connectivity index (χ3n) is 9.51. The number of aliphatic hydroxyl groups is 1. The Morgan fingerprint density at radius 3 is 1.66 bits per heavy atom. The highest BCUT2D eigenvalue weighted by Crippen LogP contribution is 2.46. The van der Waals surface area contributed by atoms with Crippen molar-refractivity contribution in [3.05, 3.63) is 105 Å². The summed E-state index contributed by atoms with van der Waals surface area (Å²) >= 11 is 0. The fourth-order valence-electron chi connectivity index (χ4n) is 6.57. The molecule has 1 aliphatic heterocycles. The van der Waals surface area contributed by atoms with Crippen molar-refractivity contribution in [2.24, 2.45) is 11.8 Å². The number of methoxy groups -OCH3 is 4. The number of carbonyl (C=O) groups excluding carboxylic acids is 2. The van der Waals surface area contributed by atoms with Crippen LogP contribution in [-0.4, -0.2) is 89.7 Å². The number of esters is 2. The van der Waals surface area contributed by atoms with Gasteiger partial charge in [-0.3, -0.25) is 4.98 Å². The lowest BCUT2D eigenvalue weighted by Crippen LogP contribution is -2.49. The van der Waals surface area contributed by atoms with Crippen LogP contribution in [-0.2, 0) is 43.9 Å². The van der Waals surface area contributed by atoms with E-state index in [4.69, 9.17) is 18.9 Å². The molecule has 2 heterocycles. The Labute approximate surface area is 327 Å². The SMILES string of the molecule is COC(=O)c1c(CCc2ccc(OC)cc2)nc(CC(C)C)c(O)c1C(=O)OC.COc1ccc(C2(C)C(C(=O)O)=C(C(=O)O)C(O)=C(CC(C)C)N2C)cc1. The predicted molar refractivity (Wildman–Crippen MR) is 207 cm³/mol. The topological polar surface area (TPSA) is 202 Å². The monoisotopic (exact) mass is 776 g/mol. The van der Waals surface area contributed by atoms with Crippen LogP contribution in [0.2, 0.25) is 0 Å². The summed E-state index contributed by atoms with van der Waals surface area (Å²) < 4.78 is 20.0. The largest absolute Gasteiger partial charge is 0.505 e. The molecule has 0 spiro atoms. The number of carboxylic acids is 2. The van der Waals surface area contributed by atoms with Crippen LogP contribution in [0, 0.1) is 11.8 Å². The molecule has 302 valence electrons. The van der Waals surface area contributed by atoms with E-state index in [1.807, 2.05) is 52.0 Å². The van der Waals surface area contributed by atoms with Gasteiger partial charge in [0.2, 0.25) is 0 Å². The highest BCUT2D eigenvalue weighted by molar-refractivity contribution is 6.06. The van der Waals surface area contributed by atoms with Crippen LogP contribution in [0.4, 0.5) is 0 Å². The fraction of sp³-hybridized carbons (Fsp3) is 0.405. The molecule has 0 amide bonds. The summed E-state index contributed by atoms with van der Waals surface area (Å²) in [5, 5.41) is 40.8. The smallest absolute Gasteiger partial charge is 0.342 e. The fourth-order valence-corrected chi connectivity index (χ4v) is 6.57. The van der Waals surface area contributed by atoms with E-state index >= 15 is 0 Å². The number of aromatic hydroxyl groups is 1. The van der Waals surface area contributed by atoms with Crippen LogP contribution < -0.4 is 9.47 Å². The molecule has 4 rings (SSSR count). The maximum Gasteiger partial charge on any atom is 0.342 e. The number of hydrogen-bond acceptors (Lipinski definition) is 12. The van der Waals surface area contributed by atoms with Crippen molar-refractivity contribution >= 4 is 23.9 Å². The minimum atomic E-state index is -1.47. The molecule has 14 nitrogen and oxygen atoms in total. The Bertz CT molecular complexity index is 1980. The van der Waals surface area contributed by atoms with E-state index in [0.717, 1.165) is 11.3 Å². The first-order valence-corrected chi connectivity index (χ1v) is 17.9. The number of allylic oxidation sites excluding steroid dienone is 1. The minimum absolute atomic E-state index is 0.0575. The van der Waals surface area contributed by atoms with Crippen molar-refractivity contribution in [2.45, 2.75) is 65.8 Å². The number of carbonyl (C=O) groups is 4. The standard InChI is InChI=1S/C22H27NO6.C20H25NO6/c1-13(2)12-17-20(24)19(22(26)29-5)18(21(25)28-4)16(23-17)11-8-14-6-9-15(27-3)10-7-14;1-11(2)10-14-17(22)15(18(23)24)16(19(25)26)20(3,21(14)4)12-6-8-13(27-5)9-7-12/h6-7,9-10,13,24H,8,11-12H2,1-5H3;6-9,11,22H,10H2,1-5H3,(H,23,24)(H,25,26). The molecule has 1 atom stereocenters. The van der Waals surface area contributed by atoms with Gasteiger partial charge in [0.15, 0.2) is 5.75 Å². The van der Waals surface area contributed by atoms with Gasteiger partial charge in [0.05, 0.1) is 62.2 Å². The van der Waals surface area contributed by atoms with E-state index < -0.39 is 40.7 Å². The van der Waals surface area contributed by atoms with E-state index in [1.54, 1.807) is 50.2 Å². The zero-order valence-corrected chi connectivity index (χ0v) is 33.6. The van der Waals surface area contributed by atoms with Crippen LogP contribution >= 0.6 is 0 Å². The van der Waals surface area contributed by atoms with Gasteiger partial charge in [-0.1, -0.05) is 52.0 Å². The maximum atomic E-state index is 12.5. The van der Waals surface area contributed by atoms with Gasteiger partial charge in [0.1, 0.15) is 28.4 Å². The van der Waals surface area contributed by atoms with Crippen molar-refractivity contribution in [1.82, 2.24) is 9.88 Å². The number of pyridine rings is 1. The average Bonchev–Trinajstić information content (AvgIpc) is 3.17. The molecule has 0 aliphatic carbocycles. The predicted octanol–water partition coefficient (Wildman–Crippen LogP) is 6.49. The highest BCUT2D eigenvalue weighted by atomic mass is 16.5. The van der Waals surface area contributed by atoms with Crippen LogP contribution in [0.1, 0.15) is 84.3 Å². The summed E-state index contributed by atoms with van der Waals surface area (Å²) in [6.45, 7) is 9.48. The number of benzene rings is 2. The molecule has 0 bridgehead atoms. The molecule has 4 N–H and O–H groups in total. The molecule has 3 aromatic rings. The molecular weight excluding hydrogens is 724 g/mol. The molecule has 1 aliphatic rings. The summed E-state index contributed by atoms with van der Waals surface area (Å²) in [5.41, 5.74) is 0.236. The van der Waals surface area contributed by atoms with Crippen molar-refractivity contribution in [3.8, 4) is 17.2 Å². The first-order chi connectivity index (χ1) is 26.4. The Kier molecular flexibility index (Phi) is 15.1. The van der Waals surface area contributed by atoms with Gasteiger partial charge >= 0.3 is 23.9 Å². The molecule has 14 heteroatoms. The van der Waals surface area contributed by atoms with Crippen molar-refractivity contribution < 1.29 is 58.6 Å². The summed E-state index contributed by atoms with van der Waals surface area (Å²) in [5.74, 6) is -3.58. The second-order valence-electron chi connectivity index (χ2n) is 14.1. The van der Waals surface area contributed by atoms with Gasteiger partial charge < -0.3 is 44.3 Å². The lowest BCUT2D eigenvalue weighted by Gasteiger charge is -2.46. The highest BCUT2D eigenvalue weighted by Gasteiger charge is 2.48. The number of likely N-dealkylation sites (N-methyl/N-ethyl adjacent to an activating group) is 1. The first-order valence-electron chi connectivity index (χ1n) is 17.9. The van der Waals surface area contributed by atoms with Gasteiger partial charge in [-0.2, -0.15) is 0 Å². The Morgan fingerprint density at radius 2 is 1.21 bits per heavy atom. The molecule has 1 unspecified atom stereocenters. The normalized spacial score (nSPS) is 15.3. The minimum Gasteiger partial charge on any atom is -0.505 e. The van der Waals surface area contributed by atoms with E-state index in [9.17, 15) is 39.6 Å². The summed E-state index contributed by atoms with van der Waals surface area (Å²) in [7, 11) is 7.20. The van der Waals surface area contributed by atoms with Gasteiger partial charge in [0, 0.05) is 7.05 Å². The Hall–Kier alpha value is -6.05. The number of aryl methyl sites for hydroxylation is 2. The number of aliphatic carboxylic acids is 2. The average molecular weight is 777 g/mol. The second-order valence-corrected chi connectivity index (χ2v) is 14.1. The number of aromatic nitrogens is 1. The third-order valence-corrected chi connectivity index (χ3v) is 9.51. The molecular formula is C42H52N2O12. The van der Waals surface area contributed by atoms with Crippen molar-refractivity contribution in [2.75, 3.05) is 35.5 Å².